The van der Waals surface area contributed by atoms with E-state index in [0.717, 1.165) is 5.56 Å². The van der Waals surface area contributed by atoms with Crippen molar-refractivity contribution in [2.75, 3.05) is 5.73 Å². The molecule has 0 spiro atoms. The lowest BCUT2D eigenvalue weighted by Gasteiger charge is -2.03. The first-order valence-corrected chi connectivity index (χ1v) is 5.50. The number of carbonyl (C=O) groups is 1. The van der Waals surface area contributed by atoms with Crippen LogP contribution in [0.4, 0.5) is 10.2 Å². The summed E-state index contributed by atoms with van der Waals surface area (Å²) in [7, 11) is 0. The molecular weight excluding hydrogens is 233 g/mol. The fourth-order valence-electron chi connectivity index (χ4n) is 1.56. The quantitative estimate of drug-likeness (QED) is 0.834. The van der Waals surface area contributed by atoms with Crippen LogP contribution in [0.25, 0.3) is 0 Å². The van der Waals surface area contributed by atoms with Crippen LogP contribution >= 0.6 is 0 Å². The molecule has 1 heterocycles. The normalized spacial score (nSPS) is 10.3. The monoisotopic (exact) mass is 245 g/mol. The largest absolute Gasteiger partial charge is 0.383 e. The van der Waals surface area contributed by atoms with Gasteiger partial charge in [0.25, 0.3) is 0 Å². The minimum absolute atomic E-state index is 0.189. The van der Waals surface area contributed by atoms with Crippen LogP contribution in [0.5, 0.6) is 0 Å². The topological polar surface area (TPSA) is 68.9 Å². The van der Waals surface area contributed by atoms with E-state index in [1.165, 1.54) is 18.3 Å². The van der Waals surface area contributed by atoms with Crippen LogP contribution in [0.1, 0.15) is 21.7 Å². The minimum atomic E-state index is -0.255. The molecule has 2 aromatic rings. The molecule has 0 aliphatic rings. The van der Waals surface area contributed by atoms with Gasteiger partial charge in [-0.15, -0.1) is 0 Å². The minimum Gasteiger partial charge on any atom is -0.383 e. The zero-order chi connectivity index (χ0) is 13.0. The van der Waals surface area contributed by atoms with E-state index in [-0.39, 0.29) is 11.6 Å². The van der Waals surface area contributed by atoms with Gasteiger partial charge in [-0.05, 0) is 24.1 Å². The fourth-order valence-corrected chi connectivity index (χ4v) is 1.56. The maximum Gasteiger partial charge on any atom is 0.155 e. The predicted molar refractivity (Wildman–Crippen MR) is 65.6 cm³/mol. The van der Waals surface area contributed by atoms with Crippen LogP contribution in [0, 0.1) is 5.82 Å². The zero-order valence-corrected chi connectivity index (χ0v) is 9.64. The molecule has 5 heteroatoms. The summed E-state index contributed by atoms with van der Waals surface area (Å²) in [5, 5.41) is 0. The van der Waals surface area contributed by atoms with Crippen LogP contribution in [0.3, 0.4) is 0 Å². The maximum atomic E-state index is 12.7. The average Bonchev–Trinajstić information content (AvgIpc) is 2.38. The van der Waals surface area contributed by atoms with Crippen molar-refractivity contribution in [2.45, 2.75) is 12.8 Å². The number of halogens is 1. The van der Waals surface area contributed by atoms with Crippen molar-refractivity contribution in [1.29, 1.82) is 0 Å². The smallest absolute Gasteiger partial charge is 0.155 e. The Bertz CT molecular complexity index is 555. The summed E-state index contributed by atoms with van der Waals surface area (Å²) in [6.07, 6.45) is 3.32. The summed E-state index contributed by atoms with van der Waals surface area (Å²) in [6, 6.07) is 6.27. The Morgan fingerprint density at radius 3 is 2.56 bits per heavy atom. The van der Waals surface area contributed by atoms with Crippen molar-refractivity contribution < 1.29 is 9.18 Å². The molecule has 0 radical (unpaired) electrons. The first-order valence-electron chi connectivity index (χ1n) is 5.50. The Balaban J connectivity index is 2.04. The molecule has 0 atom stereocenters. The molecule has 2 N–H and O–H groups in total. The van der Waals surface area contributed by atoms with Gasteiger partial charge in [-0.2, -0.15) is 0 Å². The van der Waals surface area contributed by atoms with Crippen LogP contribution in [-0.4, -0.2) is 16.3 Å². The molecule has 0 saturated carbocycles. The fraction of sp³-hybridized carbons (Fsp3) is 0.154. The molecule has 0 bridgehead atoms. The van der Waals surface area contributed by atoms with Crippen LogP contribution in [0.2, 0.25) is 0 Å². The van der Waals surface area contributed by atoms with E-state index < -0.39 is 0 Å². The van der Waals surface area contributed by atoms with Crippen molar-refractivity contribution in [3.05, 3.63) is 53.2 Å². The third kappa shape index (κ3) is 2.88. The molecule has 1 aromatic carbocycles. The number of aromatic nitrogens is 2. The molecule has 0 fully saturated rings. The molecule has 0 unspecified atom stereocenters. The van der Waals surface area contributed by atoms with Gasteiger partial charge >= 0.3 is 0 Å². The Morgan fingerprint density at radius 2 is 1.94 bits per heavy atom. The number of hydrogen-bond acceptors (Lipinski definition) is 4. The Kier molecular flexibility index (Phi) is 3.62. The number of carbonyl (C=O) groups excluding carboxylic acids is 1. The Morgan fingerprint density at radius 1 is 1.22 bits per heavy atom. The molecule has 2 rings (SSSR count). The molecule has 0 saturated heterocycles. The predicted octanol–water partition coefficient (Wildman–Crippen LogP) is 1.80. The second kappa shape index (κ2) is 5.35. The number of rotatable bonds is 4. The SMILES string of the molecule is Nc1nc(CCc2ccc(F)cc2)ncc1C=O. The van der Waals surface area contributed by atoms with Crippen molar-refractivity contribution in [1.82, 2.24) is 9.97 Å². The summed E-state index contributed by atoms with van der Waals surface area (Å²) in [4.78, 5) is 18.6. The molecule has 4 nitrogen and oxygen atoms in total. The van der Waals surface area contributed by atoms with Crippen molar-refractivity contribution >= 4 is 12.1 Å². The third-order valence-corrected chi connectivity index (χ3v) is 2.58. The number of nitrogens with zero attached hydrogens (tertiary/aromatic N) is 2. The molecule has 1 aromatic heterocycles. The Labute approximate surface area is 104 Å². The molecule has 18 heavy (non-hydrogen) atoms. The van der Waals surface area contributed by atoms with Gasteiger partial charge in [0.2, 0.25) is 0 Å². The summed E-state index contributed by atoms with van der Waals surface area (Å²) < 4.78 is 12.7. The highest BCUT2D eigenvalue weighted by Gasteiger charge is 2.03. The van der Waals surface area contributed by atoms with E-state index >= 15 is 0 Å². The van der Waals surface area contributed by atoms with Gasteiger partial charge in [-0.3, -0.25) is 4.79 Å². The first-order chi connectivity index (χ1) is 8.69. The second-order valence-corrected chi connectivity index (χ2v) is 3.87. The Hall–Kier alpha value is -2.30. The molecular formula is C13H12FN3O. The summed E-state index contributed by atoms with van der Waals surface area (Å²) in [5.74, 6) is 0.506. The molecule has 0 amide bonds. The molecule has 0 aliphatic heterocycles. The van der Waals surface area contributed by atoms with Crippen molar-refractivity contribution in [3.8, 4) is 0 Å². The van der Waals surface area contributed by atoms with Crippen LogP contribution in [-0.2, 0) is 12.8 Å². The average molecular weight is 245 g/mol. The van der Waals surface area contributed by atoms with Crippen molar-refractivity contribution in [3.63, 3.8) is 0 Å². The highest BCUT2D eigenvalue weighted by atomic mass is 19.1. The number of aldehydes is 1. The van der Waals surface area contributed by atoms with Gasteiger partial charge in [0, 0.05) is 12.6 Å². The third-order valence-electron chi connectivity index (χ3n) is 2.58. The summed E-state index contributed by atoms with van der Waals surface area (Å²) in [6.45, 7) is 0. The number of benzene rings is 1. The number of aryl methyl sites for hydroxylation is 2. The highest BCUT2D eigenvalue weighted by Crippen LogP contribution is 2.08. The van der Waals surface area contributed by atoms with E-state index in [1.54, 1.807) is 12.1 Å². The van der Waals surface area contributed by atoms with E-state index in [4.69, 9.17) is 5.73 Å². The number of nitrogen functional groups attached to an aromatic ring is 1. The van der Waals surface area contributed by atoms with Gasteiger partial charge in [0.1, 0.15) is 17.5 Å². The van der Waals surface area contributed by atoms with Crippen LogP contribution in [0.15, 0.2) is 30.5 Å². The van der Waals surface area contributed by atoms with Crippen LogP contribution < -0.4 is 5.73 Å². The van der Waals surface area contributed by atoms with Gasteiger partial charge in [-0.1, -0.05) is 12.1 Å². The highest BCUT2D eigenvalue weighted by molar-refractivity contribution is 5.80. The van der Waals surface area contributed by atoms with Gasteiger partial charge in [0.05, 0.1) is 5.56 Å². The van der Waals surface area contributed by atoms with Gasteiger partial charge in [-0.25, -0.2) is 14.4 Å². The number of nitrogens with two attached hydrogens (primary N) is 1. The summed E-state index contributed by atoms with van der Waals surface area (Å²) >= 11 is 0. The molecule has 0 aliphatic carbocycles. The lowest BCUT2D eigenvalue weighted by molar-refractivity contribution is 0.112. The lowest BCUT2D eigenvalue weighted by atomic mass is 10.1. The first kappa shape index (κ1) is 12.2. The molecule has 92 valence electrons. The van der Waals surface area contributed by atoms with E-state index in [9.17, 15) is 9.18 Å². The van der Waals surface area contributed by atoms with E-state index in [2.05, 4.69) is 9.97 Å². The number of hydrogen-bond donors (Lipinski definition) is 1. The summed E-state index contributed by atoms with van der Waals surface area (Å²) in [5.41, 5.74) is 6.88. The van der Waals surface area contributed by atoms with Crippen molar-refractivity contribution in [2.24, 2.45) is 0 Å². The van der Waals surface area contributed by atoms with Gasteiger partial charge < -0.3 is 5.73 Å². The van der Waals surface area contributed by atoms with E-state index in [0.29, 0.717) is 30.5 Å². The maximum absolute atomic E-state index is 12.7. The zero-order valence-electron chi connectivity index (χ0n) is 9.64. The number of anilines is 1. The standard InChI is InChI=1S/C13H12FN3O/c14-11-4-1-9(2-5-11)3-6-12-16-7-10(8-18)13(15)17-12/h1-2,4-5,7-8H,3,6H2,(H2,15,16,17). The van der Waals surface area contributed by atoms with Gasteiger partial charge in [0.15, 0.2) is 6.29 Å². The van der Waals surface area contributed by atoms with E-state index in [1.807, 2.05) is 0 Å². The second-order valence-electron chi connectivity index (χ2n) is 3.87. The lowest BCUT2D eigenvalue weighted by Crippen LogP contribution is -2.04.